The van der Waals surface area contributed by atoms with Crippen molar-refractivity contribution >= 4 is 68.8 Å². The first kappa shape index (κ1) is 27.0. The minimum Gasteiger partial charge on any atom is -0.444 e. The zero-order valence-electron chi connectivity index (χ0n) is 20.7. The number of likely N-dealkylation sites (tertiary alicyclic amines) is 1. The molecule has 0 saturated carbocycles. The highest BCUT2D eigenvalue weighted by Crippen LogP contribution is 2.22. The van der Waals surface area contributed by atoms with Crippen LogP contribution in [0.1, 0.15) is 39.3 Å². The summed E-state index contributed by atoms with van der Waals surface area (Å²) in [6.45, 7) is 6.99. The smallest absolute Gasteiger partial charge is 0.410 e. The van der Waals surface area contributed by atoms with E-state index in [1.807, 2.05) is 39.0 Å². The van der Waals surface area contributed by atoms with Crippen LogP contribution in [0.5, 0.6) is 0 Å². The molecule has 1 aliphatic heterocycles. The standard InChI is InChI=1S/C19H22ClN3O2.C8H4Cl2N2/c1-19(2,3)25-18(24)23-8-6-13(7-9-23)10-15-5-4-14-12-21-17(20)11-16(14)22-15;9-7-2-1-5-4-11-8(10)3-6(5)12-7/h4-5,10-12H,6-9H2,1-3H3;1-4H. The quantitative estimate of drug-likeness (QED) is 0.223. The van der Waals surface area contributed by atoms with Gasteiger partial charge in [-0.1, -0.05) is 40.4 Å². The van der Waals surface area contributed by atoms with Crippen LogP contribution in [0, 0.1) is 0 Å². The van der Waals surface area contributed by atoms with E-state index < -0.39 is 5.60 Å². The van der Waals surface area contributed by atoms with Crippen molar-refractivity contribution in [3.8, 4) is 0 Å². The molecule has 10 heteroatoms. The molecular formula is C27H26Cl3N5O2. The highest BCUT2D eigenvalue weighted by atomic mass is 35.5. The van der Waals surface area contributed by atoms with Crippen LogP contribution in [-0.2, 0) is 4.74 Å². The predicted molar refractivity (Wildman–Crippen MR) is 149 cm³/mol. The van der Waals surface area contributed by atoms with Crippen LogP contribution in [-0.4, -0.2) is 49.6 Å². The van der Waals surface area contributed by atoms with Gasteiger partial charge in [-0.15, -0.1) is 0 Å². The molecule has 192 valence electrons. The highest BCUT2D eigenvalue weighted by Gasteiger charge is 2.24. The number of hydrogen-bond donors (Lipinski definition) is 0. The van der Waals surface area contributed by atoms with Crippen molar-refractivity contribution in [2.75, 3.05) is 13.1 Å². The molecule has 7 nitrogen and oxygen atoms in total. The van der Waals surface area contributed by atoms with Gasteiger partial charge in [0, 0.05) is 48.4 Å². The van der Waals surface area contributed by atoms with Crippen molar-refractivity contribution in [1.29, 1.82) is 0 Å². The van der Waals surface area contributed by atoms with E-state index in [0.717, 1.165) is 40.3 Å². The van der Waals surface area contributed by atoms with Crippen molar-refractivity contribution < 1.29 is 9.53 Å². The van der Waals surface area contributed by atoms with Crippen molar-refractivity contribution in [2.45, 2.75) is 39.2 Å². The van der Waals surface area contributed by atoms with Gasteiger partial charge >= 0.3 is 6.09 Å². The van der Waals surface area contributed by atoms with Crippen LogP contribution in [0.15, 0.2) is 54.4 Å². The number of nitrogens with zero attached hydrogens (tertiary/aromatic N) is 5. The zero-order valence-corrected chi connectivity index (χ0v) is 23.0. The van der Waals surface area contributed by atoms with Gasteiger partial charge in [0.25, 0.3) is 0 Å². The Labute approximate surface area is 230 Å². The molecule has 4 aromatic heterocycles. The van der Waals surface area contributed by atoms with Gasteiger partial charge in [0.05, 0.1) is 16.7 Å². The molecule has 1 aliphatic rings. The molecule has 0 radical (unpaired) electrons. The van der Waals surface area contributed by atoms with E-state index in [1.54, 1.807) is 35.5 Å². The third-order valence-electron chi connectivity index (χ3n) is 5.48. The number of carbonyl (C=O) groups excluding carboxylic acids is 1. The summed E-state index contributed by atoms with van der Waals surface area (Å²) in [5, 5.41) is 3.23. The Morgan fingerprint density at radius 3 is 2.03 bits per heavy atom. The predicted octanol–water partition coefficient (Wildman–Crippen LogP) is 7.63. The minimum absolute atomic E-state index is 0.238. The van der Waals surface area contributed by atoms with E-state index in [0.29, 0.717) is 28.5 Å². The minimum atomic E-state index is -0.460. The van der Waals surface area contributed by atoms with Crippen molar-refractivity contribution in [3.05, 3.63) is 75.5 Å². The van der Waals surface area contributed by atoms with Gasteiger partial charge < -0.3 is 9.64 Å². The summed E-state index contributed by atoms with van der Waals surface area (Å²) in [5.74, 6) is 0. The van der Waals surface area contributed by atoms with E-state index in [1.165, 1.54) is 5.57 Å². The largest absolute Gasteiger partial charge is 0.444 e. The van der Waals surface area contributed by atoms with Crippen LogP contribution >= 0.6 is 34.8 Å². The maximum atomic E-state index is 12.1. The Balaban J connectivity index is 0.000000222. The molecule has 0 N–H and O–H groups in total. The number of amides is 1. The zero-order chi connectivity index (χ0) is 26.6. The molecule has 5 rings (SSSR count). The van der Waals surface area contributed by atoms with E-state index in [-0.39, 0.29) is 6.09 Å². The van der Waals surface area contributed by atoms with Crippen molar-refractivity contribution in [1.82, 2.24) is 24.8 Å². The molecule has 1 amide bonds. The summed E-state index contributed by atoms with van der Waals surface area (Å²) >= 11 is 17.3. The van der Waals surface area contributed by atoms with Crippen LogP contribution < -0.4 is 0 Å². The number of halogens is 3. The van der Waals surface area contributed by atoms with Gasteiger partial charge in [0.15, 0.2) is 0 Å². The summed E-state index contributed by atoms with van der Waals surface area (Å²) in [6, 6.07) is 11.0. The van der Waals surface area contributed by atoms with E-state index in [9.17, 15) is 4.79 Å². The lowest BCUT2D eigenvalue weighted by Gasteiger charge is -2.31. The fourth-order valence-corrected chi connectivity index (χ4v) is 4.17. The molecule has 1 fully saturated rings. The second-order valence-corrected chi connectivity index (χ2v) is 10.7. The monoisotopic (exact) mass is 557 g/mol. The summed E-state index contributed by atoms with van der Waals surface area (Å²) in [6.07, 6.45) is 6.91. The first-order valence-corrected chi connectivity index (χ1v) is 12.9. The molecule has 4 aromatic rings. The molecule has 0 spiro atoms. The number of ether oxygens (including phenoxy) is 1. The van der Waals surface area contributed by atoms with Gasteiger partial charge in [0.2, 0.25) is 0 Å². The van der Waals surface area contributed by atoms with E-state index in [2.05, 4.69) is 26.0 Å². The first-order chi connectivity index (χ1) is 17.6. The van der Waals surface area contributed by atoms with Crippen molar-refractivity contribution in [3.63, 3.8) is 0 Å². The average molecular weight is 559 g/mol. The first-order valence-electron chi connectivity index (χ1n) is 11.7. The average Bonchev–Trinajstić information content (AvgIpc) is 2.83. The number of carbonyl (C=O) groups is 1. The SMILES string of the molecule is CC(C)(C)OC(=O)N1CCC(=Cc2ccc3cnc(Cl)cc3n2)CC1.Clc1cc2nc(Cl)ccc2cn1. The fraction of sp³-hybridized carbons (Fsp3) is 0.296. The van der Waals surface area contributed by atoms with Gasteiger partial charge in [-0.2, -0.15) is 0 Å². The lowest BCUT2D eigenvalue weighted by atomic mass is 10.0. The Kier molecular flexibility index (Phi) is 8.47. The molecule has 0 atom stereocenters. The lowest BCUT2D eigenvalue weighted by molar-refractivity contribution is 0.0237. The molecule has 5 heterocycles. The van der Waals surface area contributed by atoms with Crippen molar-refractivity contribution in [2.24, 2.45) is 0 Å². The van der Waals surface area contributed by atoms with E-state index in [4.69, 9.17) is 39.5 Å². The second kappa shape index (κ2) is 11.6. The van der Waals surface area contributed by atoms with Gasteiger partial charge in [0.1, 0.15) is 21.1 Å². The summed E-state index contributed by atoms with van der Waals surface area (Å²) in [4.78, 5) is 30.6. The number of hydrogen-bond acceptors (Lipinski definition) is 6. The molecule has 0 aliphatic carbocycles. The number of aromatic nitrogens is 4. The van der Waals surface area contributed by atoms with Crippen LogP contribution in [0.2, 0.25) is 15.5 Å². The third kappa shape index (κ3) is 7.74. The number of rotatable bonds is 1. The Morgan fingerprint density at radius 2 is 1.43 bits per heavy atom. The molecule has 37 heavy (non-hydrogen) atoms. The molecule has 1 saturated heterocycles. The topological polar surface area (TPSA) is 81.1 Å². The van der Waals surface area contributed by atoms with Crippen LogP contribution in [0.4, 0.5) is 4.79 Å². The second-order valence-electron chi connectivity index (χ2n) is 9.54. The summed E-state index contributed by atoms with van der Waals surface area (Å²) in [5.41, 5.74) is 3.32. The lowest BCUT2D eigenvalue weighted by Crippen LogP contribution is -2.40. The molecule has 0 bridgehead atoms. The molecule has 0 aromatic carbocycles. The Bertz CT molecular complexity index is 1420. The fourth-order valence-electron chi connectivity index (χ4n) is 3.71. The molecular weight excluding hydrogens is 533 g/mol. The number of pyridine rings is 4. The van der Waals surface area contributed by atoms with Gasteiger partial charge in [-0.3, -0.25) is 0 Å². The van der Waals surface area contributed by atoms with Gasteiger partial charge in [-0.25, -0.2) is 24.7 Å². The normalized spacial score (nSPS) is 13.8. The summed E-state index contributed by atoms with van der Waals surface area (Å²) < 4.78 is 5.43. The Morgan fingerprint density at radius 1 is 0.865 bits per heavy atom. The highest BCUT2D eigenvalue weighted by molar-refractivity contribution is 6.31. The third-order valence-corrected chi connectivity index (χ3v) is 6.10. The summed E-state index contributed by atoms with van der Waals surface area (Å²) in [7, 11) is 0. The van der Waals surface area contributed by atoms with Crippen LogP contribution in [0.3, 0.4) is 0 Å². The number of piperidine rings is 1. The Hall–Kier alpha value is -3.00. The maximum Gasteiger partial charge on any atom is 0.410 e. The molecule has 0 unspecified atom stereocenters. The van der Waals surface area contributed by atoms with E-state index >= 15 is 0 Å². The van der Waals surface area contributed by atoms with Gasteiger partial charge in [-0.05, 0) is 64.0 Å². The maximum absolute atomic E-state index is 12.1. The number of fused-ring (bicyclic) bond motifs is 2. The van der Waals surface area contributed by atoms with Crippen LogP contribution in [0.25, 0.3) is 27.9 Å².